The smallest absolute Gasteiger partial charge is 0.410 e. The summed E-state index contributed by atoms with van der Waals surface area (Å²) in [5.41, 5.74) is 4.55. The second-order valence-electron chi connectivity index (χ2n) is 9.63. The first kappa shape index (κ1) is 26.1. The summed E-state index contributed by atoms with van der Waals surface area (Å²) in [5, 5.41) is 17.7. The summed E-state index contributed by atoms with van der Waals surface area (Å²) in [6, 6.07) is 11.6. The van der Waals surface area contributed by atoms with Crippen molar-refractivity contribution in [1.82, 2.24) is 24.9 Å². The number of rotatable bonds is 8. The molecule has 1 aliphatic carbocycles. The van der Waals surface area contributed by atoms with Gasteiger partial charge in [0.05, 0.1) is 23.4 Å². The number of aromatic nitrogens is 4. The van der Waals surface area contributed by atoms with Gasteiger partial charge in [-0.25, -0.2) is 14.5 Å². The Balaban J connectivity index is 1.41. The van der Waals surface area contributed by atoms with E-state index in [0.29, 0.717) is 47.9 Å². The van der Waals surface area contributed by atoms with Gasteiger partial charge in [0.1, 0.15) is 23.7 Å². The monoisotopic (exact) mass is 507 g/mol. The van der Waals surface area contributed by atoms with E-state index >= 15 is 0 Å². The van der Waals surface area contributed by atoms with E-state index in [1.165, 1.54) is 4.90 Å². The van der Waals surface area contributed by atoms with Crippen molar-refractivity contribution in [1.29, 1.82) is 0 Å². The number of carbonyl (C=O) groups excluding carboxylic acids is 1. The highest BCUT2D eigenvalue weighted by Gasteiger charge is 2.28. The van der Waals surface area contributed by atoms with Crippen molar-refractivity contribution in [2.24, 2.45) is 13.0 Å². The van der Waals surface area contributed by atoms with Crippen molar-refractivity contribution >= 4 is 12.1 Å². The predicted octanol–water partition coefficient (Wildman–Crippen LogP) is 4.28. The third-order valence-corrected chi connectivity index (χ3v) is 6.64. The first-order chi connectivity index (χ1) is 17.7. The zero-order valence-corrected chi connectivity index (χ0v) is 21.7. The number of nitrogens with zero attached hydrogens (tertiary/aromatic N) is 5. The number of amides is 1. The summed E-state index contributed by atoms with van der Waals surface area (Å²) in [6.07, 6.45) is 2.23. The van der Waals surface area contributed by atoms with E-state index in [4.69, 9.17) is 9.47 Å². The maximum absolute atomic E-state index is 12.6. The zero-order valence-electron chi connectivity index (χ0n) is 21.7. The van der Waals surface area contributed by atoms with Gasteiger partial charge in [-0.05, 0) is 57.2 Å². The predicted molar refractivity (Wildman–Crippen MR) is 136 cm³/mol. The number of hydrogen-bond donors (Lipinski definition) is 1. The molecule has 1 amide bonds. The van der Waals surface area contributed by atoms with E-state index in [1.807, 2.05) is 44.2 Å². The van der Waals surface area contributed by atoms with Gasteiger partial charge in [0.25, 0.3) is 0 Å². The maximum atomic E-state index is 12.6. The van der Waals surface area contributed by atoms with E-state index in [-0.39, 0.29) is 18.6 Å². The molecule has 1 aliphatic rings. The Morgan fingerprint density at radius 2 is 2.00 bits per heavy atom. The van der Waals surface area contributed by atoms with Crippen LogP contribution in [0.4, 0.5) is 4.79 Å². The van der Waals surface area contributed by atoms with Crippen LogP contribution in [0.15, 0.2) is 36.4 Å². The van der Waals surface area contributed by atoms with E-state index in [9.17, 15) is 14.7 Å². The average molecular weight is 508 g/mol. The average Bonchev–Trinajstić information content (AvgIpc) is 3.24. The molecule has 10 heteroatoms. The molecule has 0 unspecified atom stereocenters. The van der Waals surface area contributed by atoms with E-state index in [1.54, 1.807) is 24.8 Å². The number of carbonyl (C=O) groups is 2. The SMILES string of the molecule is Cc1cccc(CN(C)C(=O)OCc2c(-c3ccc(O[C@H]4CCC[C@H](C(=O)O)C4)c(C)n3)nnn2C)c1. The first-order valence-electron chi connectivity index (χ1n) is 12.4. The molecule has 2 heterocycles. The van der Waals surface area contributed by atoms with Crippen molar-refractivity contribution < 1.29 is 24.2 Å². The van der Waals surface area contributed by atoms with Gasteiger partial charge in [0, 0.05) is 20.6 Å². The van der Waals surface area contributed by atoms with Crippen LogP contribution in [-0.2, 0) is 29.7 Å². The highest BCUT2D eigenvalue weighted by atomic mass is 16.6. The van der Waals surface area contributed by atoms with Gasteiger partial charge in [0.2, 0.25) is 0 Å². The number of carboxylic acids is 1. The number of ether oxygens (including phenoxy) is 2. The Kier molecular flexibility index (Phi) is 8.05. The Bertz CT molecular complexity index is 1270. The second kappa shape index (κ2) is 11.4. The molecular formula is C27H33N5O5. The van der Waals surface area contributed by atoms with Crippen molar-refractivity contribution in [2.45, 2.75) is 58.8 Å². The number of hydrogen-bond acceptors (Lipinski definition) is 7. The molecule has 0 spiro atoms. The molecule has 0 bridgehead atoms. The summed E-state index contributed by atoms with van der Waals surface area (Å²) in [5.74, 6) is -0.517. The van der Waals surface area contributed by atoms with Crippen LogP contribution in [0, 0.1) is 19.8 Å². The van der Waals surface area contributed by atoms with Crippen molar-refractivity contribution in [3.05, 3.63) is 58.9 Å². The lowest BCUT2D eigenvalue weighted by Gasteiger charge is -2.27. The molecule has 3 aromatic rings. The molecule has 1 fully saturated rings. The van der Waals surface area contributed by atoms with Gasteiger partial charge in [-0.1, -0.05) is 35.0 Å². The lowest BCUT2D eigenvalue weighted by molar-refractivity contribution is -0.143. The van der Waals surface area contributed by atoms with Crippen LogP contribution in [0.5, 0.6) is 5.75 Å². The third-order valence-electron chi connectivity index (χ3n) is 6.64. The molecule has 37 heavy (non-hydrogen) atoms. The molecule has 0 saturated heterocycles. The number of pyridine rings is 1. The van der Waals surface area contributed by atoms with Gasteiger partial charge in [-0.3, -0.25) is 4.79 Å². The Hall–Kier alpha value is -3.95. The van der Waals surface area contributed by atoms with Crippen LogP contribution in [-0.4, -0.2) is 55.2 Å². The van der Waals surface area contributed by atoms with Gasteiger partial charge in [-0.15, -0.1) is 5.10 Å². The standard InChI is InChI=1S/C27H33N5O5/c1-17-7-5-8-19(13-17)15-31(3)27(35)36-16-23-25(29-30-32(23)4)22-11-12-24(18(2)28-22)37-21-10-6-9-20(14-21)26(33)34/h5,7-8,11-13,20-21H,6,9-10,14-16H2,1-4H3,(H,33,34)/t20-,21-/m0/s1. The first-order valence-corrected chi connectivity index (χ1v) is 12.4. The minimum Gasteiger partial charge on any atom is -0.489 e. The van der Waals surface area contributed by atoms with Crippen molar-refractivity contribution in [3.8, 4) is 17.1 Å². The fraction of sp³-hybridized carbons (Fsp3) is 0.444. The highest BCUT2D eigenvalue weighted by molar-refractivity contribution is 5.70. The molecule has 2 aromatic heterocycles. The molecule has 196 valence electrons. The number of carboxylic acid groups (broad SMARTS) is 1. The van der Waals surface area contributed by atoms with Crippen molar-refractivity contribution in [3.63, 3.8) is 0 Å². The van der Waals surface area contributed by atoms with Gasteiger partial charge in [0.15, 0.2) is 0 Å². The van der Waals surface area contributed by atoms with E-state index in [0.717, 1.165) is 24.0 Å². The summed E-state index contributed by atoms with van der Waals surface area (Å²) < 4.78 is 13.2. The quantitative estimate of drug-likeness (QED) is 0.480. The summed E-state index contributed by atoms with van der Waals surface area (Å²) in [7, 11) is 3.43. The Morgan fingerprint density at radius 3 is 2.73 bits per heavy atom. The van der Waals surface area contributed by atoms with E-state index in [2.05, 4.69) is 15.3 Å². The van der Waals surface area contributed by atoms with Crippen LogP contribution >= 0.6 is 0 Å². The van der Waals surface area contributed by atoms with Crippen LogP contribution in [0.25, 0.3) is 11.4 Å². The number of aliphatic carboxylic acids is 1. The number of aryl methyl sites for hydroxylation is 3. The summed E-state index contributed by atoms with van der Waals surface area (Å²) >= 11 is 0. The fourth-order valence-corrected chi connectivity index (χ4v) is 4.59. The summed E-state index contributed by atoms with van der Waals surface area (Å²) in [4.78, 5) is 30.2. The third kappa shape index (κ3) is 6.44. The maximum Gasteiger partial charge on any atom is 0.410 e. The Morgan fingerprint density at radius 1 is 1.19 bits per heavy atom. The molecule has 1 N–H and O–H groups in total. The number of benzene rings is 1. The minimum absolute atomic E-state index is 0.00649. The largest absolute Gasteiger partial charge is 0.489 e. The molecule has 0 radical (unpaired) electrons. The van der Waals surface area contributed by atoms with Crippen LogP contribution in [0.3, 0.4) is 0 Å². The fourth-order valence-electron chi connectivity index (χ4n) is 4.59. The molecule has 0 aliphatic heterocycles. The lowest BCUT2D eigenvalue weighted by Crippen LogP contribution is -2.29. The molecule has 2 atom stereocenters. The topological polar surface area (TPSA) is 120 Å². The van der Waals surface area contributed by atoms with Gasteiger partial charge < -0.3 is 19.5 Å². The normalized spacial score (nSPS) is 17.3. The molecule has 4 rings (SSSR count). The van der Waals surface area contributed by atoms with Gasteiger partial charge >= 0.3 is 12.1 Å². The lowest BCUT2D eigenvalue weighted by atomic mass is 9.87. The van der Waals surface area contributed by atoms with E-state index < -0.39 is 12.1 Å². The zero-order chi connectivity index (χ0) is 26.5. The van der Waals surface area contributed by atoms with Crippen molar-refractivity contribution in [2.75, 3.05) is 7.05 Å². The van der Waals surface area contributed by atoms with Crippen LogP contribution in [0.2, 0.25) is 0 Å². The summed E-state index contributed by atoms with van der Waals surface area (Å²) in [6.45, 7) is 4.28. The van der Waals surface area contributed by atoms with Crippen LogP contribution < -0.4 is 4.74 Å². The molecule has 10 nitrogen and oxygen atoms in total. The second-order valence-corrected chi connectivity index (χ2v) is 9.63. The Labute approximate surface area is 216 Å². The minimum atomic E-state index is -0.768. The van der Waals surface area contributed by atoms with Crippen LogP contribution in [0.1, 0.15) is 48.2 Å². The van der Waals surface area contributed by atoms with Gasteiger partial charge in [-0.2, -0.15) is 0 Å². The molecule has 1 aromatic carbocycles. The molecule has 1 saturated carbocycles. The highest BCUT2D eigenvalue weighted by Crippen LogP contribution is 2.30. The molecular weight excluding hydrogens is 474 g/mol.